The molecule has 0 saturated carbocycles. The lowest BCUT2D eigenvalue weighted by Gasteiger charge is -2.28. The number of aromatic amines is 1. The van der Waals surface area contributed by atoms with Crippen molar-refractivity contribution < 1.29 is 53.7 Å². The molecule has 1 aliphatic rings. The summed E-state index contributed by atoms with van der Waals surface area (Å²) < 4.78 is 0. The number of H-pyrrole nitrogens is 1. The van der Waals surface area contributed by atoms with Crippen molar-refractivity contribution in [3.63, 3.8) is 0 Å². The summed E-state index contributed by atoms with van der Waals surface area (Å²) in [5, 5.41) is 31.7. The zero-order chi connectivity index (χ0) is 39.8. The Hall–Kier alpha value is -5.99. The number of anilines is 1. The second-order valence-corrected chi connectivity index (χ2v) is 12.6. The van der Waals surface area contributed by atoms with Gasteiger partial charge < -0.3 is 25.6 Å². The zero-order valence-corrected chi connectivity index (χ0v) is 29.7. The van der Waals surface area contributed by atoms with Crippen molar-refractivity contribution in [3.8, 4) is 0 Å². The van der Waals surface area contributed by atoms with E-state index in [4.69, 9.17) is 0 Å². The summed E-state index contributed by atoms with van der Waals surface area (Å²) in [6.07, 6.45) is 3.85. The van der Waals surface area contributed by atoms with Crippen molar-refractivity contribution in [1.29, 1.82) is 0 Å². The quantitative estimate of drug-likeness (QED) is 0.0389. The van der Waals surface area contributed by atoms with Gasteiger partial charge in [-0.15, -0.1) is 0 Å². The molecule has 1 aliphatic heterocycles. The Kier molecular flexibility index (Phi) is 16.4. The third-order valence-electron chi connectivity index (χ3n) is 8.14. The minimum atomic E-state index is -1.27. The van der Waals surface area contributed by atoms with E-state index in [0.717, 1.165) is 15.8 Å². The van der Waals surface area contributed by atoms with E-state index in [9.17, 15) is 58.5 Å². The van der Waals surface area contributed by atoms with Gasteiger partial charge >= 0.3 is 17.9 Å². The predicted molar refractivity (Wildman–Crippen MR) is 191 cm³/mol. The van der Waals surface area contributed by atoms with E-state index in [1.165, 1.54) is 32.9 Å². The minimum absolute atomic E-state index is 0.0337. The Morgan fingerprint density at radius 1 is 0.667 bits per heavy atom. The first-order chi connectivity index (χ1) is 25.6. The first-order valence-corrected chi connectivity index (χ1v) is 17.0. The summed E-state index contributed by atoms with van der Waals surface area (Å²) in [6, 6.07) is 6.37. The van der Waals surface area contributed by atoms with Crippen molar-refractivity contribution in [3.05, 3.63) is 52.3 Å². The zero-order valence-electron chi connectivity index (χ0n) is 29.7. The van der Waals surface area contributed by atoms with Gasteiger partial charge in [0.15, 0.2) is 0 Å². The Bertz CT molecular complexity index is 1810. The summed E-state index contributed by atoms with van der Waals surface area (Å²) in [4.78, 5) is 115. The number of nitrogens with one attached hydrogen (secondary N) is 4. The average Bonchev–Trinajstić information content (AvgIpc) is 3.39. The smallest absolute Gasteiger partial charge is 0.317 e. The van der Waals surface area contributed by atoms with Crippen molar-refractivity contribution in [2.45, 2.75) is 32.6 Å². The second kappa shape index (κ2) is 20.9. The molecule has 0 unspecified atom stereocenters. The number of hydrogen-bond donors (Lipinski definition) is 7. The molecule has 1 aromatic carbocycles. The molecule has 2 heterocycles. The van der Waals surface area contributed by atoms with Crippen LogP contribution in [0.25, 0.3) is 10.9 Å². The molecule has 0 saturated heterocycles. The van der Waals surface area contributed by atoms with E-state index in [2.05, 4.69) is 21.2 Å². The Balaban J connectivity index is 1.48. The first kappa shape index (κ1) is 42.4. The number of aromatic nitrogens is 1. The molecule has 20 heteroatoms. The van der Waals surface area contributed by atoms with E-state index >= 15 is 0 Å². The van der Waals surface area contributed by atoms with Gasteiger partial charge in [0.05, 0.1) is 38.2 Å². The highest BCUT2D eigenvalue weighted by molar-refractivity contribution is 6.12. The van der Waals surface area contributed by atoms with Gasteiger partial charge in [-0.3, -0.25) is 73.6 Å². The molecule has 0 aliphatic carbocycles. The topological polar surface area (TPSA) is 279 Å². The molecule has 54 heavy (non-hydrogen) atoms. The summed E-state index contributed by atoms with van der Waals surface area (Å²) >= 11 is 0. The molecule has 0 bridgehead atoms. The molecule has 292 valence electrons. The maximum Gasteiger partial charge on any atom is 0.317 e. The van der Waals surface area contributed by atoms with Crippen LogP contribution in [-0.2, 0) is 38.4 Å². The number of carbonyl (C=O) groups excluding carboxylic acids is 5. The number of carbonyl (C=O) groups is 8. The maximum absolute atomic E-state index is 12.9. The molecule has 0 fully saturated rings. The summed E-state index contributed by atoms with van der Waals surface area (Å²) in [5.74, 6) is -6.31. The number of aryl methyl sites for hydroxylation is 1. The molecule has 0 atom stereocenters. The third-order valence-corrected chi connectivity index (χ3v) is 8.14. The van der Waals surface area contributed by atoms with Crippen LogP contribution in [0, 0.1) is 6.92 Å². The summed E-state index contributed by atoms with van der Waals surface area (Å²) in [6.45, 7) is -0.724. The van der Waals surface area contributed by atoms with Crippen LogP contribution in [0.3, 0.4) is 0 Å². The third kappa shape index (κ3) is 14.9. The number of fused-ring (bicyclic) bond motifs is 1. The van der Waals surface area contributed by atoms with Crippen LogP contribution in [0.15, 0.2) is 41.2 Å². The fourth-order valence-corrected chi connectivity index (χ4v) is 5.58. The van der Waals surface area contributed by atoms with Gasteiger partial charge in [0.2, 0.25) is 17.4 Å². The van der Waals surface area contributed by atoms with Gasteiger partial charge in [-0.2, -0.15) is 0 Å². The summed E-state index contributed by atoms with van der Waals surface area (Å²) in [7, 11) is 0. The molecule has 20 nitrogen and oxygen atoms in total. The maximum atomic E-state index is 12.9. The highest BCUT2D eigenvalue weighted by Gasteiger charge is 2.23. The molecular weight excluding hydrogens is 712 g/mol. The highest BCUT2D eigenvalue weighted by atomic mass is 16.4. The second-order valence-electron chi connectivity index (χ2n) is 12.6. The van der Waals surface area contributed by atoms with Gasteiger partial charge in [0.25, 0.3) is 17.7 Å². The SMILES string of the molecule is Cc1cc(=O)[nH]c2cc(NC(=O)CN(CCN(CCN(CC(=O)O)CC(=O)NNC(=O)CCCCCN3C(=O)C=CC3=O)CC(=O)O)CC(=O)O)ccc12. The lowest BCUT2D eigenvalue weighted by Crippen LogP contribution is -2.49. The van der Waals surface area contributed by atoms with Crippen LogP contribution in [0.5, 0.6) is 0 Å². The van der Waals surface area contributed by atoms with Crippen LogP contribution < -0.4 is 21.7 Å². The number of rotatable bonds is 23. The molecule has 1 aromatic heterocycles. The number of carboxylic acids is 3. The van der Waals surface area contributed by atoms with Crippen molar-refractivity contribution in [2.24, 2.45) is 0 Å². The lowest BCUT2D eigenvalue weighted by atomic mass is 10.1. The Labute approximate surface area is 308 Å². The molecular formula is C34H44N8O12. The molecule has 0 radical (unpaired) electrons. The number of aliphatic carboxylic acids is 3. The molecule has 7 N–H and O–H groups in total. The predicted octanol–water partition coefficient (Wildman–Crippen LogP) is -1.43. The normalized spacial score (nSPS) is 12.6. The van der Waals surface area contributed by atoms with Gasteiger partial charge in [0.1, 0.15) is 0 Å². The molecule has 5 amide bonds. The molecule has 0 spiro atoms. The van der Waals surface area contributed by atoms with Gasteiger partial charge in [-0.25, -0.2) is 0 Å². The number of hydrazine groups is 1. The molecule has 2 aromatic rings. The van der Waals surface area contributed by atoms with E-state index in [1.54, 1.807) is 25.1 Å². The van der Waals surface area contributed by atoms with Crippen LogP contribution in [0.2, 0.25) is 0 Å². The average molecular weight is 757 g/mol. The number of unbranched alkanes of at least 4 members (excludes halogenated alkanes) is 2. The van der Waals surface area contributed by atoms with E-state index in [1.807, 2.05) is 0 Å². The van der Waals surface area contributed by atoms with Gasteiger partial charge in [0, 0.05) is 68.4 Å². The monoisotopic (exact) mass is 756 g/mol. The van der Waals surface area contributed by atoms with Gasteiger partial charge in [-0.1, -0.05) is 12.5 Å². The van der Waals surface area contributed by atoms with Crippen LogP contribution in [0.1, 0.15) is 31.2 Å². The number of carboxylic acid groups (broad SMARTS) is 3. The number of hydrogen-bond acceptors (Lipinski definition) is 12. The number of benzene rings is 1. The number of amides is 5. The Morgan fingerprint density at radius 3 is 1.80 bits per heavy atom. The van der Waals surface area contributed by atoms with Crippen LogP contribution in [-0.4, -0.2) is 153 Å². The van der Waals surface area contributed by atoms with E-state index in [-0.39, 0.29) is 63.1 Å². The van der Waals surface area contributed by atoms with Gasteiger partial charge in [-0.05, 0) is 37.5 Å². The fourth-order valence-electron chi connectivity index (χ4n) is 5.58. The summed E-state index contributed by atoms with van der Waals surface area (Å²) in [5.41, 5.74) is 5.74. The van der Waals surface area contributed by atoms with Crippen molar-refractivity contribution in [2.75, 3.05) is 70.8 Å². The number of nitrogens with zero attached hydrogens (tertiary/aromatic N) is 4. The standard InChI is InChI=1S/C34H44N8O12/c1-22-15-27(44)36-25-16-23(6-7-24(22)25)35-28(45)17-40(20-33(51)52)13-11-39(19-32(49)50)12-14-41(21-34(53)54)18-29(46)38-37-26(43)5-3-2-4-10-42-30(47)8-9-31(42)48/h6-9,15-16H,2-5,10-14,17-21H2,1H3,(H,35,45)(H,36,44)(H,37,43)(H,38,46)(H,49,50)(H,51,52)(H,53,54). The van der Waals surface area contributed by atoms with Crippen molar-refractivity contribution >= 4 is 64.0 Å². The molecule has 3 rings (SSSR count). The van der Waals surface area contributed by atoms with Crippen LogP contribution in [0.4, 0.5) is 5.69 Å². The first-order valence-electron chi connectivity index (χ1n) is 17.0. The number of pyridine rings is 1. The van der Waals surface area contributed by atoms with Crippen LogP contribution >= 0.6 is 0 Å². The van der Waals surface area contributed by atoms with E-state index in [0.29, 0.717) is 30.5 Å². The van der Waals surface area contributed by atoms with E-state index < -0.39 is 61.8 Å². The Morgan fingerprint density at radius 2 is 1.20 bits per heavy atom. The minimum Gasteiger partial charge on any atom is -0.480 e. The highest BCUT2D eigenvalue weighted by Crippen LogP contribution is 2.19. The largest absolute Gasteiger partial charge is 0.480 e. The fraction of sp³-hybridized carbons (Fsp3) is 0.441. The number of imide groups is 1. The lowest BCUT2D eigenvalue weighted by molar-refractivity contribution is -0.141. The van der Waals surface area contributed by atoms with Crippen molar-refractivity contribution in [1.82, 2.24) is 35.4 Å².